The summed E-state index contributed by atoms with van der Waals surface area (Å²) in [5.41, 5.74) is 4.00. The van der Waals surface area contributed by atoms with Gasteiger partial charge in [0.1, 0.15) is 5.75 Å². The molecular weight excluding hydrogens is 464 g/mol. The summed E-state index contributed by atoms with van der Waals surface area (Å²) in [6.45, 7) is 2.82. The molecule has 7 heteroatoms. The predicted molar refractivity (Wildman–Crippen MR) is 145 cm³/mol. The molecule has 2 aromatic carbocycles. The molecule has 1 aliphatic rings. The highest BCUT2D eigenvalue weighted by Crippen LogP contribution is 2.22. The first kappa shape index (κ1) is 24.7. The minimum Gasteiger partial charge on any atom is -0.494 e. The van der Waals surface area contributed by atoms with E-state index in [0.29, 0.717) is 13.2 Å². The quantitative estimate of drug-likeness (QED) is 0.334. The van der Waals surface area contributed by atoms with Gasteiger partial charge in [0.25, 0.3) is 11.5 Å². The largest absolute Gasteiger partial charge is 0.494 e. The second-order valence-electron chi connectivity index (χ2n) is 9.43. The normalized spacial score (nSPS) is 14.0. The van der Waals surface area contributed by atoms with E-state index in [4.69, 9.17) is 4.74 Å². The first-order chi connectivity index (χ1) is 18.1. The van der Waals surface area contributed by atoms with Crippen molar-refractivity contribution in [2.45, 2.75) is 25.3 Å². The van der Waals surface area contributed by atoms with Crippen molar-refractivity contribution in [2.24, 2.45) is 7.05 Å². The summed E-state index contributed by atoms with van der Waals surface area (Å²) >= 11 is 0. The third-order valence-corrected chi connectivity index (χ3v) is 7.06. The number of ether oxygens (including phenoxy) is 1. The molecule has 1 N–H and O–H groups in total. The fourth-order valence-electron chi connectivity index (χ4n) is 4.95. The third-order valence-electron chi connectivity index (χ3n) is 7.06. The van der Waals surface area contributed by atoms with E-state index < -0.39 is 0 Å². The lowest BCUT2D eigenvalue weighted by atomic mass is 9.98. The minimum atomic E-state index is -0.0227. The summed E-state index contributed by atoms with van der Waals surface area (Å²) in [7, 11) is 1.77. The molecule has 1 unspecified atom stereocenters. The fourth-order valence-corrected chi connectivity index (χ4v) is 4.95. The third kappa shape index (κ3) is 5.73. The molecule has 3 heterocycles. The SMILES string of the molecule is Cn1c(=O)ccc2cc(OCCCNC(CCN3CCc4ccccc4C3=O)c3ccncc3)ccc21. The first-order valence-electron chi connectivity index (χ1n) is 12.8. The van der Waals surface area contributed by atoms with Crippen molar-refractivity contribution in [3.8, 4) is 5.75 Å². The maximum Gasteiger partial charge on any atom is 0.254 e. The standard InChI is InChI=1S/C30H32N4O3/c1-33-28-9-8-25(21-24(28)7-10-29(33)35)37-20-4-15-32-27(23-11-16-31-17-12-23)14-19-34-18-13-22-5-2-3-6-26(22)30(34)36/h2-3,5-12,16-17,21,27,32H,4,13-15,18-20H2,1H3. The van der Waals surface area contributed by atoms with E-state index >= 15 is 0 Å². The number of rotatable bonds is 10. The second kappa shape index (κ2) is 11.4. The maximum absolute atomic E-state index is 13.0. The van der Waals surface area contributed by atoms with Gasteiger partial charge in [-0.25, -0.2) is 0 Å². The lowest BCUT2D eigenvalue weighted by Gasteiger charge is -2.30. The lowest BCUT2D eigenvalue weighted by Crippen LogP contribution is -2.39. The zero-order valence-electron chi connectivity index (χ0n) is 21.1. The van der Waals surface area contributed by atoms with Gasteiger partial charge in [0.15, 0.2) is 0 Å². The first-order valence-corrected chi connectivity index (χ1v) is 12.8. The van der Waals surface area contributed by atoms with Crippen LogP contribution in [0, 0.1) is 0 Å². The van der Waals surface area contributed by atoms with Crippen LogP contribution >= 0.6 is 0 Å². The maximum atomic E-state index is 13.0. The Morgan fingerprint density at radius 3 is 2.73 bits per heavy atom. The molecule has 0 bridgehead atoms. The Kier molecular flexibility index (Phi) is 7.61. The van der Waals surface area contributed by atoms with Gasteiger partial charge in [0.2, 0.25) is 0 Å². The molecule has 1 atom stereocenters. The van der Waals surface area contributed by atoms with E-state index in [1.807, 2.05) is 78.0 Å². The Morgan fingerprint density at radius 2 is 1.86 bits per heavy atom. The number of hydrogen-bond donors (Lipinski definition) is 1. The minimum absolute atomic E-state index is 0.0227. The zero-order valence-corrected chi connectivity index (χ0v) is 21.1. The number of nitrogens with zero attached hydrogens (tertiary/aromatic N) is 3. The van der Waals surface area contributed by atoms with Crippen molar-refractivity contribution >= 4 is 16.8 Å². The van der Waals surface area contributed by atoms with E-state index in [0.717, 1.165) is 60.1 Å². The fraction of sp³-hybridized carbons (Fsp3) is 0.300. The number of pyridine rings is 2. The van der Waals surface area contributed by atoms with Crippen LogP contribution in [0.2, 0.25) is 0 Å². The number of aryl methyl sites for hydroxylation is 1. The van der Waals surface area contributed by atoms with Crippen LogP contribution in [0.15, 0.2) is 83.9 Å². The van der Waals surface area contributed by atoms with E-state index in [-0.39, 0.29) is 17.5 Å². The molecule has 0 spiro atoms. The van der Waals surface area contributed by atoms with Gasteiger partial charge in [-0.15, -0.1) is 0 Å². The van der Waals surface area contributed by atoms with Crippen LogP contribution in [-0.4, -0.2) is 46.6 Å². The number of aromatic nitrogens is 2. The smallest absolute Gasteiger partial charge is 0.254 e. The highest BCUT2D eigenvalue weighted by atomic mass is 16.5. The van der Waals surface area contributed by atoms with Gasteiger partial charge in [0, 0.05) is 55.6 Å². The van der Waals surface area contributed by atoms with Gasteiger partial charge in [0.05, 0.1) is 12.1 Å². The number of amides is 1. The molecule has 0 aliphatic carbocycles. The number of benzene rings is 2. The molecule has 1 amide bonds. The van der Waals surface area contributed by atoms with Crippen LogP contribution in [0.1, 0.15) is 40.4 Å². The highest BCUT2D eigenvalue weighted by molar-refractivity contribution is 5.96. The monoisotopic (exact) mass is 496 g/mol. The molecule has 5 rings (SSSR count). The van der Waals surface area contributed by atoms with Crippen molar-refractivity contribution in [2.75, 3.05) is 26.2 Å². The van der Waals surface area contributed by atoms with E-state index in [1.165, 1.54) is 5.56 Å². The van der Waals surface area contributed by atoms with Gasteiger partial charge >= 0.3 is 0 Å². The molecule has 2 aromatic heterocycles. The second-order valence-corrected chi connectivity index (χ2v) is 9.43. The van der Waals surface area contributed by atoms with Crippen LogP contribution in [-0.2, 0) is 13.5 Å². The molecule has 37 heavy (non-hydrogen) atoms. The van der Waals surface area contributed by atoms with Gasteiger partial charge in [-0.2, -0.15) is 0 Å². The predicted octanol–water partition coefficient (Wildman–Crippen LogP) is 4.12. The Bertz CT molecular complexity index is 1430. The van der Waals surface area contributed by atoms with Crippen LogP contribution in [0.5, 0.6) is 5.75 Å². The van der Waals surface area contributed by atoms with E-state index in [9.17, 15) is 9.59 Å². The highest BCUT2D eigenvalue weighted by Gasteiger charge is 2.24. The van der Waals surface area contributed by atoms with Crippen molar-refractivity contribution in [1.29, 1.82) is 0 Å². The summed E-state index contributed by atoms with van der Waals surface area (Å²) in [6.07, 6.45) is 6.18. The van der Waals surface area contributed by atoms with Crippen LogP contribution in [0.3, 0.4) is 0 Å². The van der Waals surface area contributed by atoms with Crippen LogP contribution < -0.4 is 15.6 Å². The van der Waals surface area contributed by atoms with E-state index in [2.05, 4.69) is 10.3 Å². The number of carbonyl (C=O) groups excluding carboxylic acids is 1. The molecular formula is C30H32N4O3. The molecule has 190 valence electrons. The Balaban J connectivity index is 1.15. The van der Waals surface area contributed by atoms with Crippen LogP contribution in [0.4, 0.5) is 0 Å². The van der Waals surface area contributed by atoms with Gasteiger partial charge in [-0.1, -0.05) is 18.2 Å². The van der Waals surface area contributed by atoms with Crippen molar-refractivity contribution in [3.63, 3.8) is 0 Å². The van der Waals surface area contributed by atoms with Crippen molar-refractivity contribution in [1.82, 2.24) is 19.8 Å². The lowest BCUT2D eigenvalue weighted by molar-refractivity contribution is 0.0732. The molecule has 0 radical (unpaired) electrons. The summed E-state index contributed by atoms with van der Waals surface area (Å²) in [5.74, 6) is 0.917. The molecule has 0 saturated carbocycles. The Morgan fingerprint density at radius 1 is 1.03 bits per heavy atom. The molecule has 0 fully saturated rings. The summed E-state index contributed by atoms with van der Waals surface area (Å²) in [5, 5.41) is 4.63. The summed E-state index contributed by atoms with van der Waals surface area (Å²) in [4.78, 5) is 30.9. The number of carbonyl (C=O) groups is 1. The molecule has 1 aliphatic heterocycles. The van der Waals surface area contributed by atoms with Crippen LogP contribution in [0.25, 0.3) is 10.9 Å². The molecule has 7 nitrogen and oxygen atoms in total. The van der Waals surface area contributed by atoms with Crippen molar-refractivity contribution < 1.29 is 9.53 Å². The molecule has 0 saturated heterocycles. The van der Waals surface area contributed by atoms with Gasteiger partial charge in [-0.3, -0.25) is 14.6 Å². The average molecular weight is 497 g/mol. The number of fused-ring (bicyclic) bond motifs is 2. The van der Waals surface area contributed by atoms with Crippen molar-refractivity contribution in [3.05, 3.63) is 106 Å². The topological polar surface area (TPSA) is 76.5 Å². The summed E-state index contributed by atoms with van der Waals surface area (Å²) < 4.78 is 7.62. The zero-order chi connectivity index (χ0) is 25.6. The number of nitrogens with one attached hydrogen (secondary N) is 1. The number of hydrogen-bond acceptors (Lipinski definition) is 5. The summed E-state index contributed by atoms with van der Waals surface area (Å²) in [6, 6.07) is 21.3. The van der Waals surface area contributed by atoms with Gasteiger partial charge in [-0.05, 0) is 79.4 Å². The Hall–Kier alpha value is -3.97. The average Bonchev–Trinajstić information content (AvgIpc) is 2.94. The molecule has 4 aromatic rings. The van der Waals surface area contributed by atoms with E-state index in [1.54, 1.807) is 17.7 Å². The Labute approximate surface area is 216 Å². The van der Waals surface area contributed by atoms with Gasteiger partial charge < -0.3 is 19.5 Å².